The second-order valence-corrected chi connectivity index (χ2v) is 5.18. The van der Waals surface area contributed by atoms with Gasteiger partial charge in [0.1, 0.15) is 0 Å². The topological polar surface area (TPSA) is 21.3 Å². The van der Waals surface area contributed by atoms with Crippen LogP contribution in [0.25, 0.3) is 0 Å². The van der Waals surface area contributed by atoms with Crippen LogP contribution in [0.3, 0.4) is 0 Å². The molecule has 2 heteroatoms. The number of hydrogen-bond donors (Lipinski definition) is 1. The van der Waals surface area contributed by atoms with Crippen molar-refractivity contribution in [3.8, 4) is 0 Å². The van der Waals surface area contributed by atoms with Crippen molar-refractivity contribution in [1.29, 1.82) is 0 Å². The number of hydrogen-bond acceptors (Lipinski definition) is 2. The number of rotatable bonds is 6. The average molecular weight is 233 g/mol. The van der Waals surface area contributed by atoms with Gasteiger partial charge in [-0.1, -0.05) is 30.3 Å². The van der Waals surface area contributed by atoms with Crippen LogP contribution >= 0.6 is 0 Å². The minimum atomic E-state index is 0.134. The molecule has 0 bridgehead atoms. The Morgan fingerprint density at radius 3 is 2.47 bits per heavy atom. The Morgan fingerprint density at radius 2 is 1.88 bits per heavy atom. The molecule has 0 spiro atoms. The van der Waals surface area contributed by atoms with Crippen molar-refractivity contribution in [2.24, 2.45) is 0 Å². The van der Waals surface area contributed by atoms with Gasteiger partial charge in [0.2, 0.25) is 0 Å². The quantitative estimate of drug-likeness (QED) is 0.601. The summed E-state index contributed by atoms with van der Waals surface area (Å²) in [4.78, 5) is 0. The van der Waals surface area contributed by atoms with E-state index in [0.29, 0.717) is 13.2 Å². The Bertz CT molecular complexity index is 352. The fourth-order valence-corrected chi connectivity index (χ4v) is 1.48. The van der Waals surface area contributed by atoms with Gasteiger partial charge in [-0.3, -0.25) is 0 Å². The zero-order valence-electron chi connectivity index (χ0n) is 11.1. The van der Waals surface area contributed by atoms with Crippen LogP contribution in [-0.2, 0) is 17.9 Å². The molecule has 1 aromatic rings. The molecule has 2 nitrogen and oxygen atoms in total. The van der Waals surface area contributed by atoms with Crippen LogP contribution in [0.2, 0.25) is 0 Å². The number of benzene rings is 1. The molecule has 1 aromatic carbocycles. The molecule has 0 radical (unpaired) electrons. The summed E-state index contributed by atoms with van der Waals surface area (Å²) in [7, 11) is 0. The SMILES string of the molecule is C=CCOCc1ccccc1CNC(C)(C)C. The van der Waals surface area contributed by atoms with Gasteiger partial charge in [0, 0.05) is 12.1 Å². The molecule has 94 valence electrons. The normalized spacial score (nSPS) is 11.5. The number of nitrogens with one attached hydrogen (secondary N) is 1. The molecule has 0 atom stereocenters. The van der Waals surface area contributed by atoms with Gasteiger partial charge in [-0.25, -0.2) is 0 Å². The fourth-order valence-electron chi connectivity index (χ4n) is 1.48. The van der Waals surface area contributed by atoms with Crippen LogP contribution in [0.4, 0.5) is 0 Å². The highest BCUT2D eigenvalue weighted by Gasteiger charge is 2.09. The first kappa shape index (κ1) is 13.9. The third-order valence-corrected chi connectivity index (χ3v) is 2.42. The van der Waals surface area contributed by atoms with Crippen molar-refractivity contribution in [2.45, 2.75) is 39.5 Å². The summed E-state index contributed by atoms with van der Waals surface area (Å²) in [6.07, 6.45) is 1.77. The highest BCUT2D eigenvalue weighted by atomic mass is 16.5. The molecule has 0 fully saturated rings. The molecular formula is C15H23NO. The van der Waals surface area contributed by atoms with Gasteiger partial charge in [-0.05, 0) is 31.9 Å². The molecule has 1 N–H and O–H groups in total. The largest absolute Gasteiger partial charge is 0.373 e. The molecule has 0 aliphatic carbocycles. The molecule has 0 saturated carbocycles. The van der Waals surface area contributed by atoms with E-state index in [0.717, 1.165) is 6.54 Å². The van der Waals surface area contributed by atoms with Crippen LogP contribution in [0.15, 0.2) is 36.9 Å². The Labute approximate surface area is 105 Å². The summed E-state index contributed by atoms with van der Waals surface area (Å²) in [5.74, 6) is 0. The molecule has 0 aliphatic heterocycles. The predicted octanol–water partition coefficient (Wildman–Crippen LogP) is 3.28. The lowest BCUT2D eigenvalue weighted by molar-refractivity contribution is 0.148. The molecule has 0 aromatic heterocycles. The summed E-state index contributed by atoms with van der Waals surface area (Å²) in [5.41, 5.74) is 2.67. The summed E-state index contributed by atoms with van der Waals surface area (Å²) in [5, 5.41) is 3.49. The van der Waals surface area contributed by atoms with Crippen molar-refractivity contribution in [1.82, 2.24) is 5.32 Å². The summed E-state index contributed by atoms with van der Waals surface area (Å²) < 4.78 is 5.50. The zero-order valence-corrected chi connectivity index (χ0v) is 11.1. The van der Waals surface area contributed by atoms with E-state index < -0.39 is 0 Å². The van der Waals surface area contributed by atoms with Crippen molar-refractivity contribution < 1.29 is 4.74 Å². The van der Waals surface area contributed by atoms with E-state index in [1.165, 1.54) is 11.1 Å². The summed E-state index contributed by atoms with van der Waals surface area (Å²) in [6, 6.07) is 8.37. The van der Waals surface area contributed by atoms with Gasteiger partial charge in [-0.15, -0.1) is 6.58 Å². The Morgan fingerprint density at radius 1 is 1.24 bits per heavy atom. The molecule has 0 saturated heterocycles. The average Bonchev–Trinajstić information content (AvgIpc) is 2.27. The Kier molecular flexibility index (Phi) is 5.39. The van der Waals surface area contributed by atoms with Gasteiger partial charge in [-0.2, -0.15) is 0 Å². The van der Waals surface area contributed by atoms with Crippen LogP contribution in [0.1, 0.15) is 31.9 Å². The van der Waals surface area contributed by atoms with Gasteiger partial charge in [0.15, 0.2) is 0 Å². The lowest BCUT2D eigenvalue weighted by Gasteiger charge is -2.21. The Balaban J connectivity index is 2.60. The zero-order chi connectivity index (χ0) is 12.7. The lowest BCUT2D eigenvalue weighted by atomic mass is 10.1. The van der Waals surface area contributed by atoms with Crippen LogP contribution in [-0.4, -0.2) is 12.1 Å². The van der Waals surface area contributed by atoms with Crippen molar-refractivity contribution in [2.75, 3.05) is 6.61 Å². The first-order valence-corrected chi connectivity index (χ1v) is 6.03. The summed E-state index contributed by atoms with van der Waals surface area (Å²) in [6.45, 7) is 12.3. The van der Waals surface area contributed by atoms with E-state index in [4.69, 9.17) is 4.74 Å². The van der Waals surface area contributed by atoms with Crippen LogP contribution < -0.4 is 5.32 Å². The third-order valence-electron chi connectivity index (χ3n) is 2.42. The molecule has 1 rings (SSSR count). The van der Waals surface area contributed by atoms with E-state index in [-0.39, 0.29) is 5.54 Å². The van der Waals surface area contributed by atoms with Crippen molar-refractivity contribution in [3.63, 3.8) is 0 Å². The van der Waals surface area contributed by atoms with Crippen LogP contribution in [0, 0.1) is 0 Å². The summed E-state index contributed by atoms with van der Waals surface area (Å²) >= 11 is 0. The molecule has 0 unspecified atom stereocenters. The Hall–Kier alpha value is -1.12. The van der Waals surface area contributed by atoms with E-state index in [2.05, 4.69) is 50.9 Å². The smallest absolute Gasteiger partial charge is 0.0724 e. The van der Waals surface area contributed by atoms with E-state index in [1.54, 1.807) is 6.08 Å². The predicted molar refractivity (Wildman–Crippen MR) is 72.9 cm³/mol. The van der Waals surface area contributed by atoms with E-state index in [1.807, 2.05) is 6.07 Å². The maximum atomic E-state index is 5.50. The van der Waals surface area contributed by atoms with E-state index in [9.17, 15) is 0 Å². The molecular weight excluding hydrogens is 210 g/mol. The first-order chi connectivity index (χ1) is 8.03. The minimum Gasteiger partial charge on any atom is -0.373 e. The second-order valence-electron chi connectivity index (χ2n) is 5.18. The molecule has 0 heterocycles. The molecule has 0 aliphatic rings. The minimum absolute atomic E-state index is 0.134. The third kappa shape index (κ3) is 5.66. The monoisotopic (exact) mass is 233 g/mol. The van der Waals surface area contributed by atoms with Gasteiger partial charge < -0.3 is 10.1 Å². The highest BCUT2D eigenvalue weighted by Crippen LogP contribution is 2.11. The van der Waals surface area contributed by atoms with Crippen molar-refractivity contribution >= 4 is 0 Å². The first-order valence-electron chi connectivity index (χ1n) is 6.03. The standard InChI is InChI=1S/C15H23NO/c1-5-10-17-12-14-9-7-6-8-13(14)11-16-15(2,3)4/h5-9,16H,1,10-12H2,2-4H3. The van der Waals surface area contributed by atoms with Gasteiger partial charge in [0.25, 0.3) is 0 Å². The second kappa shape index (κ2) is 6.58. The number of ether oxygens (including phenoxy) is 1. The highest BCUT2D eigenvalue weighted by molar-refractivity contribution is 5.26. The fraction of sp³-hybridized carbons (Fsp3) is 0.467. The molecule has 0 amide bonds. The van der Waals surface area contributed by atoms with Gasteiger partial charge in [0.05, 0.1) is 13.2 Å². The van der Waals surface area contributed by atoms with Crippen molar-refractivity contribution in [3.05, 3.63) is 48.0 Å². The van der Waals surface area contributed by atoms with Gasteiger partial charge >= 0.3 is 0 Å². The molecule has 17 heavy (non-hydrogen) atoms. The maximum Gasteiger partial charge on any atom is 0.0724 e. The van der Waals surface area contributed by atoms with E-state index >= 15 is 0 Å². The van der Waals surface area contributed by atoms with Crippen LogP contribution in [0.5, 0.6) is 0 Å². The lowest BCUT2D eigenvalue weighted by Crippen LogP contribution is -2.35. The maximum absolute atomic E-state index is 5.50.